The zero-order valence-electron chi connectivity index (χ0n) is 16.1. The highest BCUT2D eigenvalue weighted by atomic mass is 32.2. The summed E-state index contributed by atoms with van der Waals surface area (Å²) in [5, 5.41) is 4.02. The van der Waals surface area contributed by atoms with Gasteiger partial charge in [-0.1, -0.05) is 23.4 Å². The van der Waals surface area contributed by atoms with Crippen molar-refractivity contribution in [2.24, 2.45) is 0 Å². The topological polar surface area (TPSA) is 94.3 Å². The van der Waals surface area contributed by atoms with Gasteiger partial charge < -0.3 is 9.26 Å². The molecule has 0 radical (unpaired) electrons. The Hall–Kier alpha value is -3.65. The smallest absolute Gasteiger partial charge is 0.261 e. The van der Waals surface area contributed by atoms with E-state index in [0.717, 1.165) is 11.3 Å². The van der Waals surface area contributed by atoms with Crippen LogP contribution in [0.4, 0.5) is 5.69 Å². The lowest BCUT2D eigenvalue weighted by atomic mass is 10.2. The minimum absolute atomic E-state index is 0.201. The van der Waals surface area contributed by atoms with Crippen LogP contribution in [0.1, 0.15) is 6.92 Å². The van der Waals surface area contributed by atoms with E-state index in [-0.39, 0.29) is 4.90 Å². The van der Waals surface area contributed by atoms with E-state index in [1.165, 1.54) is 0 Å². The quantitative estimate of drug-likeness (QED) is 0.469. The van der Waals surface area contributed by atoms with Crippen molar-refractivity contribution in [1.29, 1.82) is 0 Å². The number of anilines is 1. The number of nitrogens with one attached hydrogen (secondary N) is 1. The molecule has 0 saturated heterocycles. The van der Waals surface area contributed by atoms with Gasteiger partial charge >= 0.3 is 0 Å². The highest BCUT2D eigenvalue weighted by molar-refractivity contribution is 7.92. The van der Waals surface area contributed by atoms with Gasteiger partial charge in [0, 0.05) is 16.8 Å². The van der Waals surface area contributed by atoms with Crippen LogP contribution in [0, 0.1) is 0 Å². The molecular formula is C22H19N3O4S. The molecule has 1 aromatic heterocycles. The molecule has 4 aromatic rings. The third kappa shape index (κ3) is 4.33. The van der Waals surface area contributed by atoms with Crippen molar-refractivity contribution in [2.45, 2.75) is 11.8 Å². The summed E-state index contributed by atoms with van der Waals surface area (Å²) in [5.41, 5.74) is 1.93. The molecule has 0 saturated carbocycles. The summed E-state index contributed by atoms with van der Waals surface area (Å²) in [6.07, 6.45) is 0. The monoisotopic (exact) mass is 421 g/mol. The summed E-state index contributed by atoms with van der Waals surface area (Å²) < 4.78 is 38.2. The minimum atomic E-state index is -3.64. The SMILES string of the molecule is CCOc1ccc(-c2nc(-c3ccc(NS(=O)(=O)c4ccccc4)cc3)no2)cc1. The maximum absolute atomic E-state index is 12.4. The van der Waals surface area contributed by atoms with Crippen molar-refractivity contribution >= 4 is 15.7 Å². The van der Waals surface area contributed by atoms with Crippen LogP contribution in [0.5, 0.6) is 5.75 Å². The number of ether oxygens (including phenoxy) is 1. The third-order valence-corrected chi connectivity index (χ3v) is 5.68. The van der Waals surface area contributed by atoms with Gasteiger partial charge in [-0.05, 0) is 67.6 Å². The van der Waals surface area contributed by atoms with E-state index >= 15 is 0 Å². The van der Waals surface area contributed by atoms with Gasteiger partial charge in [0.1, 0.15) is 5.75 Å². The average molecular weight is 421 g/mol. The Bertz CT molecular complexity index is 1220. The molecule has 0 fully saturated rings. The average Bonchev–Trinajstić information content (AvgIpc) is 3.26. The fraction of sp³-hybridized carbons (Fsp3) is 0.0909. The Labute approximate surface area is 174 Å². The second kappa shape index (κ2) is 8.38. The van der Waals surface area contributed by atoms with Crippen molar-refractivity contribution in [3.63, 3.8) is 0 Å². The van der Waals surface area contributed by atoms with Crippen LogP contribution in [0.25, 0.3) is 22.8 Å². The van der Waals surface area contributed by atoms with Crippen molar-refractivity contribution in [1.82, 2.24) is 10.1 Å². The van der Waals surface area contributed by atoms with E-state index < -0.39 is 10.0 Å². The van der Waals surface area contributed by atoms with E-state index in [1.807, 2.05) is 31.2 Å². The van der Waals surface area contributed by atoms with Crippen LogP contribution < -0.4 is 9.46 Å². The van der Waals surface area contributed by atoms with Crippen LogP contribution in [0.15, 0.2) is 88.3 Å². The van der Waals surface area contributed by atoms with Crippen LogP contribution in [-0.4, -0.2) is 25.2 Å². The van der Waals surface area contributed by atoms with Crippen molar-refractivity contribution in [3.8, 4) is 28.6 Å². The molecule has 30 heavy (non-hydrogen) atoms. The van der Waals surface area contributed by atoms with Gasteiger partial charge in [-0.3, -0.25) is 4.72 Å². The van der Waals surface area contributed by atoms with Gasteiger partial charge in [0.05, 0.1) is 11.5 Å². The van der Waals surface area contributed by atoms with E-state index in [0.29, 0.717) is 29.6 Å². The van der Waals surface area contributed by atoms with E-state index in [1.54, 1.807) is 54.6 Å². The summed E-state index contributed by atoms with van der Waals surface area (Å²) in [5.74, 6) is 1.58. The van der Waals surface area contributed by atoms with Gasteiger partial charge in [0.2, 0.25) is 5.82 Å². The molecule has 0 unspecified atom stereocenters. The van der Waals surface area contributed by atoms with Gasteiger partial charge in [0.15, 0.2) is 0 Å². The third-order valence-electron chi connectivity index (χ3n) is 4.29. The molecule has 0 amide bonds. The number of hydrogen-bond acceptors (Lipinski definition) is 6. The lowest BCUT2D eigenvalue weighted by Crippen LogP contribution is -2.12. The largest absolute Gasteiger partial charge is 0.494 e. The first-order chi connectivity index (χ1) is 14.5. The summed E-state index contributed by atoms with van der Waals surface area (Å²) in [6, 6.07) is 22.4. The summed E-state index contributed by atoms with van der Waals surface area (Å²) in [4.78, 5) is 4.62. The second-order valence-corrected chi connectivity index (χ2v) is 8.06. The first-order valence-electron chi connectivity index (χ1n) is 9.30. The normalized spacial score (nSPS) is 11.2. The first-order valence-corrected chi connectivity index (χ1v) is 10.8. The van der Waals surface area contributed by atoms with Gasteiger partial charge in [0.25, 0.3) is 15.9 Å². The van der Waals surface area contributed by atoms with Crippen LogP contribution >= 0.6 is 0 Å². The Balaban J connectivity index is 1.50. The summed E-state index contributed by atoms with van der Waals surface area (Å²) >= 11 is 0. The molecule has 0 spiro atoms. The van der Waals surface area contributed by atoms with Gasteiger partial charge in [-0.2, -0.15) is 4.98 Å². The Morgan fingerprint density at radius 2 is 1.57 bits per heavy atom. The van der Waals surface area contributed by atoms with Crippen LogP contribution in [0.3, 0.4) is 0 Å². The van der Waals surface area contributed by atoms with E-state index in [9.17, 15) is 8.42 Å². The van der Waals surface area contributed by atoms with Crippen molar-refractivity contribution in [2.75, 3.05) is 11.3 Å². The molecule has 4 rings (SSSR count). The molecule has 1 N–H and O–H groups in total. The highest BCUT2D eigenvalue weighted by Gasteiger charge is 2.14. The maximum Gasteiger partial charge on any atom is 0.261 e. The van der Waals surface area contributed by atoms with Crippen molar-refractivity contribution in [3.05, 3.63) is 78.9 Å². The molecular weight excluding hydrogens is 402 g/mol. The number of aromatic nitrogens is 2. The number of benzene rings is 3. The predicted molar refractivity (Wildman–Crippen MR) is 114 cm³/mol. The Morgan fingerprint density at radius 1 is 0.900 bits per heavy atom. The second-order valence-electron chi connectivity index (χ2n) is 6.38. The van der Waals surface area contributed by atoms with E-state index in [2.05, 4.69) is 14.9 Å². The fourth-order valence-corrected chi connectivity index (χ4v) is 3.90. The Kier molecular flexibility index (Phi) is 5.49. The summed E-state index contributed by atoms with van der Waals surface area (Å²) in [7, 11) is -3.64. The zero-order valence-corrected chi connectivity index (χ0v) is 17.0. The molecule has 0 aliphatic heterocycles. The van der Waals surface area contributed by atoms with Gasteiger partial charge in [-0.25, -0.2) is 8.42 Å². The standard InChI is InChI=1S/C22H19N3O4S/c1-2-28-19-14-10-17(11-15-19)22-23-21(24-29-22)16-8-12-18(13-9-16)25-30(26,27)20-6-4-3-5-7-20/h3-15,25H,2H2,1H3. The van der Waals surface area contributed by atoms with Crippen LogP contribution in [-0.2, 0) is 10.0 Å². The van der Waals surface area contributed by atoms with E-state index in [4.69, 9.17) is 9.26 Å². The Morgan fingerprint density at radius 3 is 2.23 bits per heavy atom. The zero-order chi connectivity index (χ0) is 21.0. The first kappa shape index (κ1) is 19.7. The van der Waals surface area contributed by atoms with Crippen molar-refractivity contribution < 1.29 is 17.7 Å². The molecule has 0 aliphatic rings. The molecule has 8 heteroatoms. The van der Waals surface area contributed by atoms with Crippen LogP contribution in [0.2, 0.25) is 0 Å². The molecule has 152 valence electrons. The fourth-order valence-electron chi connectivity index (χ4n) is 2.82. The molecule has 0 atom stereocenters. The lowest BCUT2D eigenvalue weighted by molar-refractivity contribution is 0.340. The predicted octanol–water partition coefficient (Wildman–Crippen LogP) is 4.60. The summed E-state index contributed by atoms with van der Waals surface area (Å²) in [6.45, 7) is 2.53. The maximum atomic E-state index is 12.4. The number of sulfonamides is 1. The number of rotatable bonds is 7. The minimum Gasteiger partial charge on any atom is -0.494 e. The molecule has 0 aliphatic carbocycles. The number of nitrogens with zero attached hydrogens (tertiary/aromatic N) is 2. The number of hydrogen-bond donors (Lipinski definition) is 1. The molecule has 0 bridgehead atoms. The molecule has 7 nitrogen and oxygen atoms in total. The highest BCUT2D eigenvalue weighted by Crippen LogP contribution is 2.25. The lowest BCUT2D eigenvalue weighted by Gasteiger charge is -2.08. The molecule has 1 heterocycles. The van der Waals surface area contributed by atoms with Gasteiger partial charge in [-0.15, -0.1) is 0 Å². The molecule has 3 aromatic carbocycles.